The predicted octanol–water partition coefficient (Wildman–Crippen LogP) is 5.81. The van der Waals surface area contributed by atoms with Crippen LogP contribution in [0.2, 0.25) is 0 Å². The Morgan fingerprint density at radius 3 is 2.29 bits per heavy atom. The highest BCUT2D eigenvalue weighted by Gasteiger charge is 2.34. The van der Waals surface area contributed by atoms with E-state index in [1.807, 2.05) is 6.07 Å². The first-order valence-electron chi connectivity index (χ1n) is 11.5. The molecule has 2 amide bonds. The number of aromatic nitrogens is 1. The van der Waals surface area contributed by atoms with Gasteiger partial charge in [-0.1, -0.05) is 36.4 Å². The van der Waals surface area contributed by atoms with Gasteiger partial charge in [0, 0.05) is 22.6 Å². The molecule has 1 aromatic heterocycles. The molecule has 0 radical (unpaired) electrons. The minimum atomic E-state index is -0.228. The van der Waals surface area contributed by atoms with Gasteiger partial charge < -0.3 is 4.74 Å². The lowest BCUT2D eigenvalue weighted by molar-refractivity contribution is 0.0657. The molecule has 5 nitrogen and oxygen atoms in total. The predicted molar refractivity (Wildman–Crippen MR) is 134 cm³/mol. The van der Waals surface area contributed by atoms with Crippen LogP contribution in [0.25, 0.3) is 5.57 Å². The van der Waals surface area contributed by atoms with Gasteiger partial charge in [0.25, 0.3) is 11.8 Å². The number of rotatable bonds is 8. The summed E-state index contributed by atoms with van der Waals surface area (Å²) >= 11 is 1.70. The lowest BCUT2D eigenvalue weighted by atomic mass is 10.00. The maximum atomic E-state index is 12.7. The van der Waals surface area contributed by atoms with Crippen molar-refractivity contribution in [3.8, 4) is 5.88 Å². The van der Waals surface area contributed by atoms with Gasteiger partial charge in [-0.05, 0) is 67.3 Å². The topological polar surface area (TPSA) is 59.5 Å². The van der Waals surface area contributed by atoms with Crippen molar-refractivity contribution < 1.29 is 14.3 Å². The fourth-order valence-electron chi connectivity index (χ4n) is 4.39. The van der Waals surface area contributed by atoms with Crippen molar-refractivity contribution in [1.29, 1.82) is 0 Å². The summed E-state index contributed by atoms with van der Waals surface area (Å²) in [4.78, 5) is 32.8. The Balaban J connectivity index is 1.44. The molecule has 172 valence electrons. The van der Waals surface area contributed by atoms with Crippen LogP contribution < -0.4 is 4.74 Å². The van der Waals surface area contributed by atoms with Crippen molar-refractivity contribution in [2.75, 3.05) is 19.9 Å². The number of methoxy groups -OCH3 is 1. The average molecular weight is 471 g/mol. The number of thioether (sulfide) groups is 1. The molecule has 0 N–H and O–H groups in total. The summed E-state index contributed by atoms with van der Waals surface area (Å²) in [6.45, 7) is 0.316. The maximum Gasteiger partial charge on any atom is 0.261 e. The van der Waals surface area contributed by atoms with E-state index < -0.39 is 0 Å². The summed E-state index contributed by atoms with van der Waals surface area (Å²) in [6.07, 6.45) is 7.00. The van der Waals surface area contributed by atoms with Crippen LogP contribution in [-0.4, -0.2) is 41.6 Å². The average Bonchev–Trinajstić information content (AvgIpc) is 3.70. The summed E-state index contributed by atoms with van der Waals surface area (Å²) in [6, 6.07) is 19.5. The lowest BCUT2D eigenvalue weighted by Crippen LogP contribution is -2.30. The van der Waals surface area contributed by atoms with Crippen molar-refractivity contribution in [3.63, 3.8) is 0 Å². The molecule has 2 aromatic carbocycles. The van der Waals surface area contributed by atoms with Gasteiger partial charge >= 0.3 is 0 Å². The van der Waals surface area contributed by atoms with E-state index in [1.54, 1.807) is 43.1 Å². The number of carbonyl (C=O) groups excluding carboxylic acids is 2. The number of imide groups is 1. The molecule has 2 heterocycles. The molecule has 34 heavy (non-hydrogen) atoms. The van der Waals surface area contributed by atoms with Crippen molar-refractivity contribution in [1.82, 2.24) is 9.88 Å². The van der Waals surface area contributed by atoms with E-state index in [9.17, 15) is 9.59 Å². The van der Waals surface area contributed by atoms with Crippen LogP contribution in [0.3, 0.4) is 0 Å². The third-order valence-corrected chi connectivity index (χ3v) is 7.10. The van der Waals surface area contributed by atoms with E-state index in [4.69, 9.17) is 9.72 Å². The van der Waals surface area contributed by atoms with E-state index in [-0.39, 0.29) is 11.8 Å². The number of benzene rings is 2. The van der Waals surface area contributed by atoms with E-state index in [2.05, 4.69) is 42.7 Å². The Morgan fingerprint density at radius 1 is 1.03 bits per heavy atom. The Labute approximate surface area is 203 Å². The number of ether oxygens (including phenoxy) is 1. The van der Waals surface area contributed by atoms with Gasteiger partial charge in [-0.3, -0.25) is 14.5 Å². The Kier molecular flexibility index (Phi) is 6.24. The molecule has 3 aromatic rings. The molecule has 1 fully saturated rings. The van der Waals surface area contributed by atoms with Gasteiger partial charge in [0.05, 0.1) is 23.9 Å². The normalized spacial score (nSPS) is 15.6. The highest BCUT2D eigenvalue weighted by molar-refractivity contribution is 7.98. The molecule has 0 atom stereocenters. The maximum absolute atomic E-state index is 12.7. The second kappa shape index (κ2) is 9.47. The molecule has 2 aliphatic rings. The van der Waals surface area contributed by atoms with Crippen molar-refractivity contribution in [2.24, 2.45) is 0 Å². The van der Waals surface area contributed by atoms with Crippen LogP contribution in [-0.2, 0) is 0 Å². The molecular weight excluding hydrogens is 444 g/mol. The number of hydrogen-bond acceptors (Lipinski definition) is 5. The van der Waals surface area contributed by atoms with Crippen LogP contribution in [0.5, 0.6) is 5.88 Å². The second-order valence-electron chi connectivity index (χ2n) is 8.51. The van der Waals surface area contributed by atoms with E-state index in [0.717, 1.165) is 22.4 Å². The molecule has 1 aliphatic carbocycles. The Morgan fingerprint density at radius 2 is 1.71 bits per heavy atom. The molecule has 0 spiro atoms. The number of pyridine rings is 1. The van der Waals surface area contributed by atoms with Gasteiger partial charge in [-0.15, -0.1) is 11.8 Å². The zero-order chi connectivity index (χ0) is 23.7. The van der Waals surface area contributed by atoms with E-state index in [0.29, 0.717) is 35.9 Å². The van der Waals surface area contributed by atoms with Gasteiger partial charge in [-0.25, -0.2) is 4.98 Å². The summed E-state index contributed by atoms with van der Waals surface area (Å²) in [5, 5.41) is 0. The molecule has 0 saturated heterocycles. The molecule has 1 saturated carbocycles. The van der Waals surface area contributed by atoms with E-state index >= 15 is 0 Å². The van der Waals surface area contributed by atoms with Crippen LogP contribution in [0.1, 0.15) is 62.7 Å². The quantitative estimate of drug-likeness (QED) is 0.307. The second-order valence-corrected chi connectivity index (χ2v) is 9.39. The van der Waals surface area contributed by atoms with E-state index in [1.165, 1.54) is 22.6 Å². The summed E-state index contributed by atoms with van der Waals surface area (Å²) in [5.41, 5.74) is 4.94. The standard InChI is InChI=1S/C28H26N2O3S/c1-33-26-22(19-9-10-19)15-16-25(29-26)21(18-11-13-20(34-2)14-12-18)8-5-17-30-27(31)23-6-3-4-7-24(23)28(30)32/h3-4,6-8,11-16,19H,5,9-10,17H2,1-2H3/b21-8+. The number of amides is 2. The van der Waals surface area contributed by atoms with Crippen molar-refractivity contribution in [3.05, 3.63) is 94.7 Å². The van der Waals surface area contributed by atoms with Crippen LogP contribution >= 0.6 is 11.8 Å². The zero-order valence-electron chi connectivity index (χ0n) is 19.3. The number of fused-ring (bicyclic) bond motifs is 1. The highest BCUT2D eigenvalue weighted by Crippen LogP contribution is 2.44. The third kappa shape index (κ3) is 4.26. The Bertz CT molecular complexity index is 1240. The van der Waals surface area contributed by atoms with Gasteiger partial charge in [0.15, 0.2) is 0 Å². The first kappa shape index (κ1) is 22.4. The van der Waals surface area contributed by atoms with Gasteiger partial charge in [-0.2, -0.15) is 0 Å². The summed E-state index contributed by atoms with van der Waals surface area (Å²) < 4.78 is 5.62. The minimum Gasteiger partial charge on any atom is -0.481 e. The van der Waals surface area contributed by atoms with Gasteiger partial charge in [0.1, 0.15) is 0 Å². The largest absolute Gasteiger partial charge is 0.481 e. The first-order valence-corrected chi connectivity index (χ1v) is 12.7. The molecular formula is C28H26N2O3S. The molecule has 1 aliphatic heterocycles. The smallest absolute Gasteiger partial charge is 0.261 e. The van der Waals surface area contributed by atoms with Crippen LogP contribution in [0, 0.1) is 0 Å². The number of nitrogens with zero attached hydrogens (tertiary/aromatic N) is 2. The minimum absolute atomic E-state index is 0.228. The van der Waals surface area contributed by atoms with Gasteiger partial charge in [0.2, 0.25) is 5.88 Å². The fourth-order valence-corrected chi connectivity index (χ4v) is 4.80. The first-order chi connectivity index (χ1) is 16.6. The highest BCUT2D eigenvalue weighted by atomic mass is 32.2. The number of hydrogen-bond donors (Lipinski definition) is 0. The molecule has 0 unspecified atom stereocenters. The summed E-state index contributed by atoms with van der Waals surface area (Å²) in [7, 11) is 1.66. The number of carbonyl (C=O) groups is 2. The monoisotopic (exact) mass is 470 g/mol. The summed E-state index contributed by atoms with van der Waals surface area (Å²) in [5.74, 6) is 0.757. The Hall–Kier alpha value is -3.38. The van der Waals surface area contributed by atoms with Crippen molar-refractivity contribution >= 4 is 29.1 Å². The van der Waals surface area contributed by atoms with Crippen LogP contribution in [0.4, 0.5) is 0 Å². The zero-order valence-corrected chi connectivity index (χ0v) is 20.1. The fraction of sp³-hybridized carbons (Fsp3) is 0.250. The molecule has 6 heteroatoms. The third-order valence-electron chi connectivity index (χ3n) is 6.36. The van der Waals surface area contributed by atoms with Crippen molar-refractivity contribution in [2.45, 2.75) is 30.1 Å². The lowest BCUT2D eigenvalue weighted by Gasteiger charge is -2.15. The molecule has 5 rings (SSSR count). The molecule has 0 bridgehead atoms. The SMILES string of the molecule is COc1nc(/C(=C/CCN2C(=O)c3ccccc3C2=O)c2ccc(SC)cc2)ccc1C1CC1. The van der Waals surface area contributed by atoms with Crippen LogP contribution in [0.15, 0.2) is 71.6 Å².